The number of ketones is 1. The molecule has 3 aromatic heterocycles. The third-order valence-electron chi connectivity index (χ3n) is 4.25. The standard InChI is InChI=1S/C17H14FN5O2/c1-9-13(3-4-14(18)19-9)10-2-5-15-20-17(22-23(15)8-10)21-16(25)11-6-12(24)7-11/h2-5,8,11H,6-7H2,1H3,(H,21,22,25). The lowest BCUT2D eigenvalue weighted by Gasteiger charge is -2.21. The zero-order chi connectivity index (χ0) is 17.6. The van der Waals surface area contributed by atoms with Crippen molar-refractivity contribution in [1.29, 1.82) is 0 Å². The number of fused-ring (bicyclic) bond motifs is 1. The summed E-state index contributed by atoms with van der Waals surface area (Å²) in [5.74, 6) is -0.772. The van der Waals surface area contributed by atoms with Crippen LogP contribution in [0, 0.1) is 18.8 Å². The van der Waals surface area contributed by atoms with E-state index in [1.54, 1.807) is 29.8 Å². The molecule has 0 aliphatic heterocycles. The maximum Gasteiger partial charge on any atom is 0.249 e. The van der Waals surface area contributed by atoms with Crippen LogP contribution >= 0.6 is 0 Å². The number of hydrogen-bond acceptors (Lipinski definition) is 5. The highest BCUT2D eigenvalue weighted by Crippen LogP contribution is 2.25. The summed E-state index contributed by atoms with van der Waals surface area (Å²) >= 11 is 0. The number of hydrogen-bond donors (Lipinski definition) is 1. The second-order valence-corrected chi connectivity index (χ2v) is 6.06. The highest BCUT2D eigenvalue weighted by molar-refractivity contribution is 6.01. The Bertz CT molecular complexity index is 1010. The maximum absolute atomic E-state index is 13.2. The molecule has 1 N–H and O–H groups in total. The average Bonchev–Trinajstić information content (AvgIpc) is 2.93. The molecule has 3 heterocycles. The summed E-state index contributed by atoms with van der Waals surface area (Å²) in [6.07, 6.45) is 2.30. The van der Waals surface area contributed by atoms with E-state index < -0.39 is 5.95 Å². The maximum atomic E-state index is 13.2. The fourth-order valence-corrected chi connectivity index (χ4v) is 2.82. The van der Waals surface area contributed by atoms with Crippen LogP contribution in [0.1, 0.15) is 18.5 Å². The number of amides is 1. The van der Waals surface area contributed by atoms with E-state index in [1.165, 1.54) is 6.07 Å². The summed E-state index contributed by atoms with van der Waals surface area (Å²) in [7, 11) is 0. The molecule has 4 rings (SSSR count). The monoisotopic (exact) mass is 339 g/mol. The highest BCUT2D eigenvalue weighted by atomic mass is 19.1. The van der Waals surface area contributed by atoms with E-state index in [1.807, 2.05) is 6.07 Å². The molecule has 3 aromatic rings. The molecule has 126 valence electrons. The van der Waals surface area contributed by atoms with Crippen LogP contribution in [-0.2, 0) is 9.59 Å². The molecule has 0 spiro atoms. The molecule has 0 saturated heterocycles. The van der Waals surface area contributed by atoms with Crippen molar-refractivity contribution in [1.82, 2.24) is 19.6 Å². The Labute approximate surface area is 141 Å². The lowest BCUT2D eigenvalue weighted by atomic mass is 9.83. The minimum Gasteiger partial charge on any atom is -0.300 e. The number of aromatic nitrogens is 4. The number of nitrogens with zero attached hydrogens (tertiary/aromatic N) is 4. The number of nitrogens with one attached hydrogen (secondary N) is 1. The van der Waals surface area contributed by atoms with Gasteiger partial charge in [0.05, 0.1) is 5.92 Å². The predicted molar refractivity (Wildman–Crippen MR) is 87.3 cm³/mol. The van der Waals surface area contributed by atoms with Crippen molar-refractivity contribution in [3.63, 3.8) is 0 Å². The van der Waals surface area contributed by atoms with Gasteiger partial charge < -0.3 is 0 Å². The molecular formula is C17H14FN5O2. The lowest BCUT2D eigenvalue weighted by molar-refractivity contribution is -0.135. The number of Topliss-reactive ketones (excluding diaryl/α,β-unsaturated/α-hetero) is 1. The summed E-state index contributed by atoms with van der Waals surface area (Å²) in [6, 6.07) is 6.56. The van der Waals surface area contributed by atoms with Crippen molar-refractivity contribution >= 4 is 23.3 Å². The van der Waals surface area contributed by atoms with Crippen LogP contribution in [0.15, 0.2) is 30.5 Å². The molecule has 0 aromatic carbocycles. The van der Waals surface area contributed by atoms with E-state index in [0.29, 0.717) is 11.3 Å². The molecule has 7 nitrogen and oxygen atoms in total. The van der Waals surface area contributed by atoms with E-state index in [9.17, 15) is 14.0 Å². The second-order valence-electron chi connectivity index (χ2n) is 6.06. The largest absolute Gasteiger partial charge is 0.300 e. The number of halogens is 1. The van der Waals surface area contributed by atoms with Gasteiger partial charge in [-0.2, -0.15) is 9.37 Å². The van der Waals surface area contributed by atoms with Gasteiger partial charge in [0.25, 0.3) is 0 Å². The number of anilines is 1. The van der Waals surface area contributed by atoms with Crippen molar-refractivity contribution < 1.29 is 14.0 Å². The minimum absolute atomic E-state index is 0.0935. The first-order valence-electron chi connectivity index (χ1n) is 7.82. The first-order chi connectivity index (χ1) is 12.0. The Morgan fingerprint density at radius 1 is 1.24 bits per heavy atom. The summed E-state index contributed by atoms with van der Waals surface area (Å²) in [6.45, 7) is 1.73. The quantitative estimate of drug-likeness (QED) is 0.739. The number of pyridine rings is 2. The highest BCUT2D eigenvalue weighted by Gasteiger charge is 2.33. The smallest absolute Gasteiger partial charge is 0.249 e. The Kier molecular flexibility index (Phi) is 3.52. The Morgan fingerprint density at radius 3 is 2.76 bits per heavy atom. The van der Waals surface area contributed by atoms with E-state index >= 15 is 0 Å². The Balaban J connectivity index is 1.61. The molecule has 1 aliphatic carbocycles. The fourth-order valence-electron chi connectivity index (χ4n) is 2.82. The van der Waals surface area contributed by atoms with Crippen molar-refractivity contribution in [3.8, 4) is 11.1 Å². The summed E-state index contributed by atoms with van der Waals surface area (Å²) in [5.41, 5.74) is 2.74. The van der Waals surface area contributed by atoms with Crippen LogP contribution in [0.2, 0.25) is 0 Å². The van der Waals surface area contributed by atoms with Gasteiger partial charge in [0.15, 0.2) is 5.65 Å². The number of carbonyl (C=O) groups is 2. The molecule has 0 unspecified atom stereocenters. The average molecular weight is 339 g/mol. The van der Waals surface area contributed by atoms with Crippen molar-refractivity contribution in [2.75, 3.05) is 5.32 Å². The third-order valence-corrected chi connectivity index (χ3v) is 4.25. The van der Waals surface area contributed by atoms with Gasteiger partial charge in [0.1, 0.15) is 5.78 Å². The van der Waals surface area contributed by atoms with Gasteiger partial charge in [0, 0.05) is 35.9 Å². The van der Waals surface area contributed by atoms with Gasteiger partial charge in [0.2, 0.25) is 17.8 Å². The molecule has 1 amide bonds. The molecule has 1 saturated carbocycles. The van der Waals surface area contributed by atoms with Crippen LogP contribution in [-0.4, -0.2) is 31.3 Å². The van der Waals surface area contributed by atoms with Crippen molar-refractivity contribution in [2.45, 2.75) is 19.8 Å². The number of carbonyl (C=O) groups excluding carboxylic acids is 2. The second kappa shape index (κ2) is 5.73. The minimum atomic E-state index is -0.525. The van der Waals surface area contributed by atoms with Gasteiger partial charge in [-0.25, -0.2) is 9.50 Å². The van der Waals surface area contributed by atoms with E-state index in [2.05, 4.69) is 20.4 Å². The van der Waals surface area contributed by atoms with Crippen molar-refractivity contribution in [3.05, 3.63) is 42.1 Å². The van der Waals surface area contributed by atoms with Gasteiger partial charge in [-0.1, -0.05) is 0 Å². The third kappa shape index (κ3) is 2.86. The zero-order valence-corrected chi connectivity index (χ0v) is 13.4. The molecule has 25 heavy (non-hydrogen) atoms. The van der Waals surface area contributed by atoms with Gasteiger partial charge in [-0.15, -0.1) is 5.10 Å². The van der Waals surface area contributed by atoms with Crippen LogP contribution in [0.5, 0.6) is 0 Å². The number of aryl methyl sites for hydroxylation is 1. The van der Waals surface area contributed by atoms with Crippen molar-refractivity contribution in [2.24, 2.45) is 5.92 Å². The topological polar surface area (TPSA) is 89.2 Å². The summed E-state index contributed by atoms with van der Waals surface area (Å²) < 4.78 is 14.7. The molecular weight excluding hydrogens is 325 g/mol. The van der Waals surface area contributed by atoms with Crippen LogP contribution in [0.4, 0.5) is 10.3 Å². The zero-order valence-electron chi connectivity index (χ0n) is 13.4. The van der Waals surface area contributed by atoms with Gasteiger partial charge in [-0.05, 0) is 31.2 Å². The SMILES string of the molecule is Cc1nc(F)ccc1-c1ccc2nc(NC(=O)C3CC(=O)C3)nn2c1. The molecule has 1 fully saturated rings. The van der Waals surface area contributed by atoms with E-state index in [4.69, 9.17) is 0 Å². The normalized spacial score (nSPS) is 14.6. The molecule has 1 aliphatic rings. The first kappa shape index (κ1) is 15.4. The summed E-state index contributed by atoms with van der Waals surface area (Å²) in [4.78, 5) is 31.0. The van der Waals surface area contributed by atoms with Gasteiger partial charge >= 0.3 is 0 Å². The predicted octanol–water partition coefficient (Wildman–Crippen LogP) is 2.16. The molecule has 0 atom stereocenters. The van der Waals surface area contributed by atoms with E-state index in [-0.39, 0.29) is 36.4 Å². The lowest BCUT2D eigenvalue weighted by Crippen LogP contribution is -2.34. The van der Waals surface area contributed by atoms with E-state index in [0.717, 1.165) is 11.1 Å². The Hall–Kier alpha value is -3.16. The fraction of sp³-hybridized carbons (Fsp3) is 0.235. The first-order valence-corrected chi connectivity index (χ1v) is 7.82. The molecule has 8 heteroatoms. The summed E-state index contributed by atoms with van der Waals surface area (Å²) in [5, 5.41) is 6.88. The molecule has 0 radical (unpaired) electrons. The Morgan fingerprint density at radius 2 is 2.04 bits per heavy atom. The van der Waals surface area contributed by atoms with Crippen LogP contribution in [0.3, 0.4) is 0 Å². The van der Waals surface area contributed by atoms with Gasteiger partial charge in [-0.3, -0.25) is 14.9 Å². The van der Waals surface area contributed by atoms with Crippen LogP contribution < -0.4 is 5.32 Å². The van der Waals surface area contributed by atoms with Crippen LogP contribution in [0.25, 0.3) is 16.8 Å². The molecule has 0 bridgehead atoms. The number of rotatable bonds is 3.